The maximum atomic E-state index is 13.1. The van der Waals surface area contributed by atoms with Crippen LogP contribution in [0.15, 0.2) is 33.1 Å². The van der Waals surface area contributed by atoms with Gasteiger partial charge < -0.3 is 14.1 Å². The molecule has 0 aromatic carbocycles. The van der Waals surface area contributed by atoms with Crippen molar-refractivity contribution in [2.75, 3.05) is 19.7 Å². The molecule has 8 nitrogen and oxygen atoms in total. The summed E-state index contributed by atoms with van der Waals surface area (Å²) in [5.74, 6) is -1.07. The van der Waals surface area contributed by atoms with E-state index in [0.29, 0.717) is 25.9 Å². The van der Waals surface area contributed by atoms with Crippen LogP contribution >= 0.6 is 11.3 Å². The van der Waals surface area contributed by atoms with Crippen LogP contribution in [-0.2, 0) is 32.5 Å². The summed E-state index contributed by atoms with van der Waals surface area (Å²) in [6, 6.07) is 3.78. The molecule has 0 radical (unpaired) electrons. The Morgan fingerprint density at radius 1 is 1.28 bits per heavy atom. The molecule has 0 saturated carbocycles. The minimum absolute atomic E-state index is 0.159. The number of amides is 1. The quantitative estimate of drug-likeness (QED) is 0.665. The van der Waals surface area contributed by atoms with E-state index in [1.807, 2.05) is 11.4 Å². The molecule has 1 amide bonds. The Kier molecular flexibility index (Phi) is 5.50. The summed E-state index contributed by atoms with van der Waals surface area (Å²) in [6.45, 7) is 3.15. The number of sulfonamides is 1. The van der Waals surface area contributed by atoms with Crippen molar-refractivity contribution in [1.82, 2.24) is 9.21 Å². The first kappa shape index (κ1) is 20.1. The molecular weight excluding hydrogens is 416 g/mol. The fourth-order valence-corrected chi connectivity index (χ4v) is 6.26. The predicted molar refractivity (Wildman–Crippen MR) is 105 cm³/mol. The van der Waals surface area contributed by atoms with E-state index in [2.05, 4.69) is 0 Å². The van der Waals surface area contributed by atoms with Crippen LogP contribution in [0.2, 0.25) is 0 Å². The highest BCUT2D eigenvalue weighted by atomic mass is 32.2. The predicted octanol–water partition coefficient (Wildman–Crippen LogP) is 2.26. The third-order valence-corrected chi connectivity index (χ3v) is 8.03. The number of furan rings is 1. The molecule has 0 aliphatic carbocycles. The van der Waals surface area contributed by atoms with E-state index in [-0.39, 0.29) is 29.9 Å². The molecular formula is C19H22N2O6S2. The second kappa shape index (κ2) is 7.92. The molecule has 0 bridgehead atoms. The average molecular weight is 439 g/mol. The Bertz CT molecular complexity index is 1030. The maximum Gasteiger partial charge on any atom is 0.374 e. The molecule has 4 heterocycles. The zero-order valence-electron chi connectivity index (χ0n) is 16.0. The van der Waals surface area contributed by atoms with Gasteiger partial charge in [0.05, 0.1) is 6.61 Å². The summed E-state index contributed by atoms with van der Waals surface area (Å²) in [6.07, 6.45) is 1.86. The number of hydrogen-bond donors (Lipinski definition) is 0. The van der Waals surface area contributed by atoms with Gasteiger partial charge in [0, 0.05) is 24.5 Å². The molecule has 4 rings (SSSR count). The second-order valence-electron chi connectivity index (χ2n) is 6.99. The summed E-state index contributed by atoms with van der Waals surface area (Å²) in [7, 11) is -4.04. The zero-order valence-corrected chi connectivity index (χ0v) is 17.6. The lowest BCUT2D eigenvalue weighted by Gasteiger charge is -2.32. The third kappa shape index (κ3) is 3.72. The Morgan fingerprint density at radius 3 is 2.90 bits per heavy atom. The van der Waals surface area contributed by atoms with Crippen LogP contribution in [0.3, 0.4) is 0 Å². The molecule has 0 spiro atoms. The SMILES string of the molecule is CCOC(=O)c1ccc(S(=O)(=O)N2CCC[C@@H]2C(=O)N2CCc3sccc3C2)o1. The van der Waals surface area contributed by atoms with E-state index in [1.54, 1.807) is 23.2 Å². The van der Waals surface area contributed by atoms with Gasteiger partial charge in [0.2, 0.25) is 16.8 Å². The van der Waals surface area contributed by atoms with Crippen molar-refractivity contribution >= 4 is 33.2 Å². The lowest BCUT2D eigenvalue weighted by atomic mass is 10.1. The molecule has 156 valence electrons. The summed E-state index contributed by atoms with van der Waals surface area (Å²) in [4.78, 5) is 27.9. The molecule has 2 aromatic rings. The van der Waals surface area contributed by atoms with Gasteiger partial charge in [0.25, 0.3) is 10.0 Å². The highest BCUT2D eigenvalue weighted by molar-refractivity contribution is 7.89. The average Bonchev–Trinajstić information content (AvgIpc) is 3.47. The van der Waals surface area contributed by atoms with Crippen LogP contribution in [0, 0.1) is 0 Å². The number of rotatable bonds is 5. The number of carbonyl (C=O) groups excluding carboxylic acids is 2. The van der Waals surface area contributed by atoms with Crippen molar-refractivity contribution < 1.29 is 27.2 Å². The van der Waals surface area contributed by atoms with E-state index in [1.165, 1.54) is 21.3 Å². The largest absolute Gasteiger partial charge is 0.460 e. The minimum atomic E-state index is -4.04. The van der Waals surface area contributed by atoms with Gasteiger partial charge in [-0.15, -0.1) is 11.3 Å². The molecule has 1 atom stereocenters. The van der Waals surface area contributed by atoms with Gasteiger partial charge in [0.15, 0.2) is 0 Å². The number of fused-ring (bicyclic) bond motifs is 1. The molecule has 1 fully saturated rings. The van der Waals surface area contributed by atoms with Gasteiger partial charge >= 0.3 is 5.97 Å². The van der Waals surface area contributed by atoms with Gasteiger partial charge in [-0.05, 0) is 55.3 Å². The van der Waals surface area contributed by atoms with Crippen molar-refractivity contribution in [2.45, 2.75) is 43.9 Å². The maximum absolute atomic E-state index is 13.1. The highest BCUT2D eigenvalue weighted by Gasteiger charge is 2.43. The fraction of sp³-hybridized carbons (Fsp3) is 0.474. The Labute approximate surface area is 173 Å². The summed E-state index contributed by atoms with van der Waals surface area (Å²) in [5.41, 5.74) is 1.13. The number of ether oxygens (including phenoxy) is 1. The van der Waals surface area contributed by atoms with Crippen molar-refractivity contribution in [1.29, 1.82) is 0 Å². The lowest BCUT2D eigenvalue weighted by Crippen LogP contribution is -2.48. The summed E-state index contributed by atoms with van der Waals surface area (Å²) in [5, 5.41) is 1.67. The van der Waals surface area contributed by atoms with Gasteiger partial charge in [-0.25, -0.2) is 13.2 Å². The lowest BCUT2D eigenvalue weighted by molar-refractivity contribution is -0.135. The molecule has 0 unspecified atom stereocenters. The zero-order chi connectivity index (χ0) is 20.6. The van der Waals surface area contributed by atoms with Crippen LogP contribution in [0.4, 0.5) is 0 Å². The molecule has 1 saturated heterocycles. The minimum Gasteiger partial charge on any atom is -0.460 e. The number of thiophene rings is 1. The Balaban J connectivity index is 1.53. The van der Waals surface area contributed by atoms with Crippen LogP contribution in [-0.4, -0.2) is 55.2 Å². The Hall–Kier alpha value is -2.17. The first-order chi connectivity index (χ1) is 13.9. The van der Waals surface area contributed by atoms with Crippen molar-refractivity contribution in [3.63, 3.8) is 0 Å². The molecule has 2 aliphatic rings. The summed E-state index contributed by atoms with van der Waals surface area (Å²) >= 11 is 1.69. The number of hydrogen-bond acceptors (Lipinski definition) is 7. The van der Waals surface area contributed by atoms with Gasteiger partial charge in [-0.1, -0.05) is 0 Å². The Morgan fingerprint density at radius 2 is 2.10 bits per heavy atom. The van der Waals surface area contributed by atoms with Gasteiger partial charge in [-0.3, -0.25) is 4.79 Å². The fourth-order valence-electron chi connectivity index (χ4n) is 3.81. The van der Waals surface area contributed by atoms with E-state index < -0.39 is 22.0 Å². The molecule has 0 N–H and O–H groups in total. The monoisotopic (exact) mass is 438 g/mol. The van der Waals surface area contributed by atoms with Crippen molar-refractivity contribution in [2.24, 2.45) is 0 Å². The molecule has 10 heteroatoms. The van der Waals surface area contributed by atoms with Crippen LogP contribution in [0.25, 0.3) is 0 Å². The second-order valence-corrected chi connectivity index (χ2v) is 9.81. The van der Waals surface area contributed by atoms with E-state index in [4.69, 9.17) is 9.15 Å². The standard InChI is InChI=1S/C19H22N2O6S2/c1-2-26-19(23)15-5-6-17(27-15)29(24,25)21-9-3-4-14(21)18(22)20-10-7-16-13(12-20)8-11-28-16/h5-6,8,11,14H,2-4,7,9-10,12H2,1H3/t14-/m1/s1. The van der Waals surface area contributed by atoms with Gasteiger partial charge in [-0.2, -0.15) is 4.31 Å². The van der Waals surface area contributed by atoms with Crippen molar-refractivity contribution in [3.05, 3.63) is 39.8 Å². The molecule has 29 heavy (non-hydrogen) atoms. The number of carbonyl (C=O) groups is 2. The highest BCUT2D eigenvalue weighted by Crippen LogP contribution is 2.31. The molecule has 2 aliphatic heterocycles. The summed E-state index contributed by atoms with van der Waals surface area (Å²) < 4.78 is 37.5. The number of esters is 1. The van der Waals surface area contributed by atoms with Crippen LogP contribution in [0.1, 0.15) is 40.8 Å². The van der Waals surface area contributed by atoms with E-state index in [0.717, 1.165) is 12.0 Å². The van der Waals surface area contributed by atoms with Crippen LogP contribution in [0.5, 0.6) is 0 Å². The van der Waals surface area contributed by atoms with E-state index in [9.17, 15) is 18.0 Å². The van der Waals surface area contributed by atoms with E-state index >= 15 is 0 Å². The first-order valence-electron chi connectivity index (χ1n) is 9.54. The normalized spacial score (nSPS) is 19.9. The van der Waals surface area contributed by atoms with Crippen LogP contribution < -0.4 is 0 Å². The first-order valence-corrected chi connectivity index (χ1v) is 11.9. The van der Waals surface area contributed by atoms with Crippen molar-refractivity contribution in [3.8, 4) is 0 Å². The smallest absolute Gasteiger partial charge is 0.374 e. The van der Waals surface area contributed by atoms with Gasteiger partial charge in [0.1, 0.15) is 6.04 Å². The molecule has 2 aromatic heterocycles. The number of nitrogens with zero attached hydrogens (tertiary/aromatic N) is 2. The topological polar surface area (TPSA) is 97.1 Å². The third-order valence-electron chi connectivity index (χ3n) is 5.23.